The average Bonchev–Trinajstić information content (AvgIpc) is 1.92. The Bertz CT molecular complexity index is 212. The van der Waals surface area contributed by atoms with Crippen LogP contribution in [0.15, 0.2) is 0 Å². The van der Waals surface area contributed by atoms with Crippen LogP contribution < -0.4 is 0 Å². The van der Waals surface area contributed by atoms with Crippen molar-refractivity contribution in [1.82, 2.24) is 0 Å². The summed E-state index contributed by atoms with van der Waals surface area (Å²) >= 11 is 0. The van der Waals surface area contributed by atoms with Crippen molar-refractivity contribution in [2.45, 2.75) is 45.5 Å². The first-order valence-corrected chi connectivity index (χ1v) is 4.23. The zero-order chi connectivity index (χ0) is 13.4. The molecule has 0 aliphatic carbocycles. The minimum Gasteiger partial charge on any atom is -0.367 e. The van der Waals surface area contributed by atoms with E-state index in [2.05, 4.69) is 4.74 Å². The van der Waals surface area contributed by atoms with Gasteiger partial charge < -0.3 is 9.84 Å². The minimum atomic E-state index is -5.61. The number of aliphatic hydroxyl groups excluding tert-OH is 1. The first kappa shape index (κ1) is 15.5. The van der Waals surface area contributed by atoms with Crippen LogP contribution in [0.4, 0.5) is 26.3 Å². The summed E-state index contributed by atoms with van der Waals surface area (Å²) in [5.41, 5.74) is -1.24. The van der Waals surface area contributed by atoms with Crippen LogP contribution in [0, 0.1) is 5.41 Å². The molecule has 0 spiro atoms. The van der Waals surface area contributed by atoms with E-state index in [0.29, 0.717) is 0 Å². The number of hydrogen-bond donors (Lipinski definition) is 1. The molecule has 0 fully saturated rings. The Balaban J connectivity index is 4.85. The van der Waals surface area contributed by atoms with Gasteiger partial charge in [-0.2, -0.15) is 26.3 Å². The van der Waals surface area contributed by atoms with Gasteiger partial charge >= 0.3 is 12.4 Å². The predicted molar refractivity (Wildman–Crippen MR) is 42.4 cm³/mol. The van der Waals surface area contributed by atoms with Crippen molar-refractivity contribution < 1.29 is 36.2 Å². The fraction of sp³-hybridized carbons (Fsp3) is 1.00. The summed E-state index contributed by atoms with van der Waals surface area (Å²) in [5, 5.41) is 9.06. The van der Waals surface area contributed by atoms with Gasteiger partial charge in [0.25, 0.3) is 6.10 Å². The van der Waals surface area contributed by atoms with E-state index in [0.717, 1.165) is 0 Å². The van der Waals surface area contributed by atoms with Crippen molar-refractivity contribution in [2.75, 3.05) is 0 Å². The largest absolute Gasteiger partial charge is 0.423 e. The van der Waals surface area contributed by atoms with Gasteiger partial charge in [0.05, 0.1) is 0 Å². The Morgan fingerprint density at radius 3 is 1.38 bits per heavy atom. The second-order valence-corrected chi connectivity index (χ2v) is 4.32. The van der Waals surface area contributed by atoms with Gasteiger partial charge in [0.1, 0.15) is 0 Å². The van der Waals surface area contributed by atoms with Crippen molar-refractivity contribution >= 4 is 0 Å². The van der Waals surface area contributed by atoms with Gasteiger partial charge in [-0.3, -0.25) is 0 Å². The molecule has 0 radical (unpaired) electrons. The van der Waals surface area contributed by atoms with Gasteiger partial charge in [-0.25, -0.2) is 0 Å². The SMILES string of the molecule is CC(C)(C)C(O)OC(C(F)(F)F)C(F)(F)F. The Labute approximate surface area is 88.2 Å². The molecule has 0 saturated heterocycles. The maximum atomic E-state index is 12.0. The van der Waals surface area contributed by atoms with E-state index in [1.165, 1.54) is 20.8 Å². The highest BCUT2D eigenvalue weighted by molar-refractivity contribution is 4.78. The lowest BCUT2D eigenvalue weighted by molar-refractivity contribution is -0.358. The summed E-state index contributed by atoms with van der Waals surface area (Å²) in [7, 11) is 0. The van der Waals surface area contributed by atoms with E-state index in [1.807, 2.05) is 0 Å². The highest BCUT2D eigenvalue weighted by atomic mass is 19.4. The molecule has 0 rings (SSSR count). The average molecular weight is 254 g/mol. The summed E-state index contributed by atoms with van der Waals surface area (Å²) in [6, 6.07) is 0. The van der Waals surface area contributed by atoms with Crippen LogP contribution in [0.3, 0.4) is 0 Å². The molecule has 2 nitrogen and oxygen atoms in total. The molecule has 8 heteroatoms. The number of alkyl halides is 6. The van der Waals surface area contributed by atoms with E-state index in [9.17, 15) is 26.3 Å². The quantitative estimate of drug-likeness (QED) is 0.606. The molecule has 16 heavy (non-hydrogen) atoms. The molecule has 1 unspecified atom stereocenters. The fourth-order valence-electron chi connectivity index (χ4n) is 0.673. The van der Waals surface area contributed by atoms with Crippen LogP contribution in [0.2, 0.25) is 0 Å². The van der Waals surface area contributed by atoms with Gasteiger partial charge in [-0.15, -0.1) is 0 Å². The summed E-state index contributed by atoms with van der Waals surface area (Å²) < 4.78 is 75.7. The summed E-state index contributed by atoms with van der Waals surface area (Å²) in [6.07, 6.45) is -17.4. The Morgan fingerprint density at radius 1 is 0.875 bits per heavy atom. The number of rotatable bonds is 2. The lowest BCUT2D eigenvalue weighted by Gasteiger charge is -2.31. The Kier molecular flexibility index (Phi) is 4.26. The third kappa shape index (κ3) is 4.56. The molecule has 98 valence electrons. The minimum absolute atomic E-state index is 1.24. The molecular weight excluding hydrogens is 242 g/mol. The maximum Gasteiger partial charge on any atom is 0.423 e. The number of halogens is 6. The molecule has 0 aromatic heterocycles. The Hall–Kier alpha value is -0.500. The van der Waals surface area contributed by atoms with Gasteiger partial charge in [0.15, 0.2) is 6.29 Å². The van der Waals surface area contributed by atoms with Crippen molar-refractivity contribution in [2.24, 2.45) is 5.41 Å². The topological polar surface area (TPSA) is 29.5 Å². The van der Waals surface area contributed by atoms with Crippen LogP contribution in [0.25, 0.3) is 0 Å². The molecule has 0 amide bonds. The third-order valence-corrected chi connectivity index (χ3v) is 1.60. The maximum absolute atomic E-state index is 12.0. The smallest absolute Gasteiger partial charge is 0.367 e. The summed E-state index contributed by atoms with van der Waals surface area (Å²) in [5.74, 6) is 0. The molecule has 0 bridgehead atoms. The van der Waals surface area contributed by atoms with Crippen molar-refractivity contribution in [1.29, 1.82) is 0 Å². The van der Waals surface area contributed by atoms with Crippen LogP contribution in [-0.4, -0.2) is 29.9 Å². The van der Waals surface area contributed by atoms with Gasteiger partial charge in [0, 0.05) is 5.41 Å². The molecule has 0 saturated carbocycles. The van der Waals surface area contributed by atoms with Gasteiger partial charge in [0.2, 0.25) is 0 Å². The fourth-order valence-corrected chi connectivity index (χ4v) is 0.673. The van der Waals surface area contributed by atoms with Crippen molar-refractivity contribution in [3.05, 3.63) is 0 Å². The molecule has 0 aliphatic rings. The van der Waals surface area contributed by atoms with E-state index in [1.54, 1.807) is 0 Å². The standard InChI is InChI=1S/C8H12F6O2/c1-6(2,3)5(15)16-4(7(9,10)11)8(12,13)14/h4-5,15H,1-3H3. The monoisotopic (exact) mass is 254 g/mol. The first-order chi connectivity index (χ1) is 6.76. The zero-order valence-corrected chi connectivity index (χ0v) is 8.78. The highest BCUT2D eigenvalue weighted by Gasteiger charge is 2.59. The van der Waals surface area contributed by atoms with Crippen molar-refractivity contribution in [3.8, 4) is 0 Å². The Morgan fingerprint density at radius 2 is 1.19 bits per heavy atom. The molecule has 1 N–H and O–H groups in total. The third-order valence-electron chi connectivity index (χ3n) is 1.60. The van der Waals surface area contributed by atoms with E-state index in [-0.39, 0.29) is 0 Å². The predicted octanol–water partition coefficient (Wildman–Crippen LogP) is 2.86. The molecular formula is C8H12F6O2. The van der Waals surface area contributed by atoms with E-state index < -0.39 is 30.2 Å². The van der Waals surface area contributed by atoms with Crippen LogP contribution in [0.5, 0.6) is 0 Å². The van der Waals surface area contributed by atoms with Gasteiger partial charge in [-0.1, -0.05) is 20.8 Å². The van der Waals surface area contributed by atoms with Crippen LogP contribution in [-0.2, 0) is 4.74 Å². The first-order valence-electron chi connectivity index (χ1n) is 4.23. The van der Waals surface area contributed by atoms with E-state index in [4.69, 9.17) is 5.11 Å². The molecule has 1 atom stereocenters. The van der Waals surface area contributed by atoms with Gasteiger partial charge in [-0.05, 0) is 0 Å². The van der Waals surface area contributed by atoms with Crippen LogP contribution >= 0.6 is 0 Å². The van der Waals surface area contributed by atoms with Crippen LogP contribution in [0.1, 0.15) is 20.8 Å². The second kappa shape index (κ2) is 4.40. The van der Waals surface area contributed by atoms with E-state index >= 15 is 0 Å². The molecule has 0 aromatic rings. The molecule has 0 heterocycles. The zero-order valence-electron chi connectivity index (χ0n) is 8.78. The lowest BCUT2D eigenvalue weighted by Crippen LogP contribution is -2.48. The highest BCUT2D eigenvalue weighted by Crippen LogP contribution is 2.37. The number of hydrogen-bond acceptors (Lipinski definition) is 2. The molecule has 0 aromatic carbocycles. The van der Waals surface area contributed by atoms with Crippen molar-refractivity contribution in [3.63, 3.8) is 0 Å². The number of ether oxygens (including phenoxy) is 1. The summed E-state index contributed by atoms with van der Waals surface area (Å²) in [6.45, 7) is 3.75. The normalized spacial score (nSPS) is 16.7. The second-order valence-electron chi connectivity index (χ2n) is 4.32. The summed E-state index contributed by atoms with van der Waals surface area (Å²) in [4.78, 5) is 0. The molecule has 0 aliphatic heterocycles. The lowest BCUT2D eigenvalue weighted by atomic mass is 9.96. The number of aliphatic hydroxyl groups is 1.